The first-order chi connectivity index (χ1) is 10.0. The van der Waals surface area contributed by atoms with Gasteiger partial charge in [0, 0.05) is 6.42 Å². The number of hydrogen-bond acceptors (Lipinski definition) is 9. The van der Waals surface area contributed by atoms with Gasteiger partial charge in [-0.05, 0) is 0 Å². The minimum Gasteiger partial charge on any atom is -0.756 e. The molecule has 112 valence electrons. The smallest absolute Gasteiger partial charge is 0.756 e. The van der Waals surface area contributed by atoms with E-state index in [0.717, 1.165) is 0 Å². The van der Waals surface area contributed by atoms with Crippen LogP contribution in [0.1, 0.15) is 12.6 Å². The molecule has 1 unspecified atom stereocenters. The van der Waals surface area contributed by atoms with Crippen molar-refractivity contribution in [3.8, 4) is 0 Å². The second kappa shape index (κ2) is 5.81. The first-order valence-corrected chi connectivity index (χ1v) is 7.72. The average Bonchev–Trinajstić information content (AvgIpc) is 3.01. The van der Waals surface area contributed by atoms with Crippen LogP contribution in [0.25, 0.3) is 11.2 Å². The molecule has 2 aliphatic rings. The number of hydrogen-bond donors (Lipinski definition) is 1. The van der Waals surface area contributed by atoms with Gasteiger partial charge in [-0.15, -0.1) is 0 Å². The Morgan fingerprint density at radius 2 is 2.18 bits per heavy atom. The van der Waals surface area contributed by atoms with Crippen LogP contribution >= 0.6 is 7.82 Å². The standard InChI is InChI=1S/C10H12N5O5P.Na/c11-9-8-10(13-3-12-9)15(4-14-8)7-1-5-6(19-7)2-18-21(16,17)20-5;/h3-7H,1-2H2,(H,16,17)(H2,11,12,13);/q;+1/p-1/t5-,6+,7+;/m0./s1. The zero-order chi connectivity index (χ0) is 14.6. The van der Waals surface area contributed by atoms with Gasteiger partial charge >= 0.3 is 29.6 Å². The molecular formula is C10H11N5NaO5P. The van der Waals surface area contributed by atoms with Crippen molar-refractivity contribution in [2.75, 3.05) is 12.3 Å². The summed E-state index contributed by atoms with van der Waals surface area (Å²) in [7, 11) is -4.22. The van der Waals surface area contributed by atoms with Crippen molar-refractivity contribution in [2.45, 2.75) is 24.9 Å². The molecule has 12 heteroatoms. The molecule has 2 aromatic rings. The Balaban J connectivity index is 0.00000144. The number of aromatic nitrogens is 4. The van der Waals surface area contributed by atoms with E-state index in [0.29, 0.717) is 17.6 Å². The van der Waals surface area contributed by atoms with Gasteiger partial charge < -0.3 is 24.4 Å². The predicted molar refractivity (Wildman–Crippen MR) is 66.7 cm³/mol. The van der Waals surface area contributed by atoms with Crippen LogP contribution in [0, 0.1) is 0 Å². The van der Waals surface area contributed by atoms with E-state index >= 15 is 0 Å². The average molecular weight is 335 g/mol. The minimum atomic E-state index is -4.22. The van der Waals surface area contributed by atoms with Gasteiger partial charge in [0.1, 0.15) is 24.2 Å². The van der Waals surface area contributed by atoms with Crippen LogP contribution in [-0.4, -0.2) is 38.3 Å². The van der Waals surface area contributed by atoms with E-state index in [-0.39, 0.29) is 42.0 Å². The Hall–Kier alpha value is -0.580. The van der Waals surface area contributed by atoms with Crippen LogP contribution in [0.2, 0.25) is 0 Å². The van der Waals surface area contributed by atoms with Gasteiger partial charge in [0.05, 0.1) is 19.0 Å². The molecule has 2 aromatic heterocycles. The van der Waals surface area contributed by atoms with Gasteiger partial charge in [0.25, 0.3) is 7.82 Å². The van der Waals surface area contributed by atoms with Gasteiger partial charge in [-0.1, -0.05) is 0 Å². The number of nitrogens with two attached hydrogens (primary N) is 1. The quantitative estimate of drug-likeness (QED) is 0.417. The van der Waals surface area contributed by atoms with Gasteiger partial charge in [-0.25, -0.2) is 15.0 Å². The molecule has 2 aliphatic heterocycles. The summed E-state index contributed by atoms with van der Waals surface area (Å²) in [6, 6.07) is 0. The molecule has 2 fully saturated rings. The Kier molecular flexibility index (Phi) is 4.30. The third-order valence-electron chi connectivity index (χ3n) is 3.54. The van der Waals surface area contributed by atoms with E-state index in [2.05, 4.69) is 19.5 Å². The molecule has 0 aromatic carbocycles. The van der Waals surface area contributed by atoms with E-state index in [1.807, 2.05) is 0 Å². The molecule has 0 amide bonds. The fourth-order valence-electron chi connectivity index (χ4n) is 2.57. The third-order valence-corrected chi connectivity index (χ3v) is 4.53. The van der Waals surface area contributed by atoms with E-state index in [1.54, 1.807) is 4.57 Å². The van der Waals surface area contributed by atoms with Crippen LogP contribution < -0.4 is 40.2 Å². The molecule has 4 rings (SSSR count). The monoisotopic (exact) mass is 335 g/mol. The molecular weight excluding hydrogens is 324 g/mol. The third kappa shape index (κ3) is 2.70. The van der Waals surface area contributed by atoms with Crippen molar-refractivity contribution in [1.82, 2.24) is 19.5 Å². The number of imidazole rings is 1. The summed E-state index contributed by atoms with van der Waals surface area (Å²) in [4.78, 5) is 23.5. The number of fused-ring (bicyclic) bond motifs is 2. The summed E-state index contributed by atoms with van der Waals surface area (Å²) < 4.78 is 28.3. The molecule has 0 bridgehead atoms. The molecule has 0 radical (unpaired) electrons. The summed E-state index contributed by atoms with van der Waals surface area (Å²) in [5.74, 6) is 0.276. The molecule has 4 heterocycles. The summed E-state index contributed by atoms with van der Waals surface area (Å²) in [5.41, 5.74) is 6.73. The molecule has 0 spiro atoms. The fourth-order valence-corrected chi connectivity index (χ4v) is 3.52. The SMILES string of the molecule is Nc1ncnc2c1ncn2[C@H]1C[C@@H]2OP(=O)([O-])OC[C@H]2O1.[Na+]. The Morgan fingerprint density at radius 3 is 3.00 bits per heavy atom. The van der Waals surface area contributed by atoms with Crippen molar-refractivity contribution < 1.29 is 52.8 Å². The molecule has 2 N–H and O–H groups in total. The maximum absolute atomic E-state index is 11.3. The number of phosphoric acid groups is 1. The normalized spacial score (nSPS) is 34.3. The minimum absolute atomic E-state index is 0. The zero-order valence-electron chi connectivity index (χ0n) is 11.7. The fraction of sp³-hybridized carbons (Fsp3) is 0.500. The van der Waals surface area contributed by atoms with Crippen molar-refractivity contribution >= 4 is 24.8 Å². The Morgan fingerprint density at radius 1 is 1.36 bits per heavy atom. The first-order valence-electron chi connectivity index (χ1n) is 6.26. The summed E-state index contributed by atoms with van der Waals surface area (Å²) >= 11 is 0. The van der Waals surface area contributed by atoms with E-state index < -0.39 is 26.3 Å². The zero-order valence-corrected chi connectivity index (χ0v) is 14.6. The molecule has 4 atom stereocenters. The molecule has 2 saturated heterocycles. The Labute approximate surface area is 146 Å². The molecule has 10 nitrogen and oxygen atoms in total. The van der Waals surface area contributed by atoms with E-state index in [1.165, 1.54) is 12.7 Å². The van der Waals surface area contributed by atoms with Crippen LogP contribution in [0.3, 0.4) is 0 Å². The van der Waals surface area contributed by atoms with Crippen LogP contribution in [-0.2, 0) is 18.3 Å². The van der Waals surface area contributed by atoms with Crippen LogP contribution in [0.15, 0.2) is 12.7 Å². The van der Waals surface area contributed by atoms with Crippen molar-refractivity contribution in [3.05, 3.63) is 12.7 Å². The van der Waals surface area contributed by atoms with Crippen molar-refractivity contribution in [3.63, 3.8) is 0 Å². The van der Waals surface area contributed by atoms with Crippen molar-refractivity contribution in [1.29, 1.82) is 0 Å². The Bertz CT molecular complexity index is 756. The predicted octanol–water partition coefficient (Wildman–Crippen LogP) is -3.42. The van der Waals surface area contributed by atoms with Gasteiger partial charge in [-0.3, -0.25) is 9.13 Å². The number of nitrogens with zero attached hydrogens (tertiary/aromatic N) is 4. The van der Waals surface area contributed by atoms with Crippen molar-refractivity contribution in [2.24, 2.45) is 0 Å². The van der Waals surface area contributed by atoms with Gasteiger partial charge in [0.15, 0.2) is 11.5 Å². The van der Waals surface area contributed by atoms with E-state index in [9.17, 15) is 9.46 Å². The topological polar surface area (TPSA) is 137 Å². The molecule has 0 saturated carbocycles. The first kappa shape index (κ1) is 16.3. The second-order valence-electron chi connectivity index (χ2n) is 4.83. The summed E-state index contributed by atoms with van der Waals surface area (Å²) in [6.07, 6.45) is 1.78. The summed E-state index contributed by atoms with van der Waals surface area (Å²) in [6.45, 7) is -0.0499. The molecule has 0 aliphatic carbocycles. The molecule has 22 heavy (non-hydrogen) atoms. The number of anilines is 1. The van der Waals surface area contributed by atoms with Crippen LogP contribution in [0.5, 0.6) is 0 Å². The second-order valence-corrected chi connectivity index (χ2v) is 6.20. The number of ether oxygens (including phenoxy) is 1. The summed E-state index contributed by atoms with van der Waals surface area (Å²) in [5, 5.41) is 0. The number of nitrogen functional groups attached to an aromatic ring is 1. The maximum atomic E-state index is 11.3. The van der Waals surface area contributed by atoms with Crippen LogP contribution in [0.4, 0.5) is 5.82 Å². The van der Waals surface area contributed by atoms with Gasteiger partial charge in [-0.2, -0.15) is 0 Å². The van der Waals surface area contributed by atoms with E-state index in [4.69, 9.17) is 15.0 Å². The number of rotatable bonds is 1. The largest absolute Gasteiger partial charge is 1.00 e. The van der Waals surface area contributed by atoms with Gasteiger partial charge in [0.2, 0.25) is 0 Å². The number of phosphoric ester groups is 1. The maximum Gasteiger partial charge on any atom is 1.00 e.